The predicted octanol–water partition coefficient (Wildman–Crippen LogP) is 3.82. The van der Waals surface area contributed by atoms with Gasteiger partial charge in [0, 0.05) is 0 Å². The first-order valence-corrected chi connectivity index (χ1v) is 6.04. The molecule has 0 heterocycles. The second-order valence-corrected chi connectivity index (χ2v) is 3.88. The largest absolute Gasteiger partial charge is 0.483 e. The molecule has 0 spiro atoms. The molecule has 1 N–H and O–H groups in total. The molecule has 0 saturated heterocycles. The molecule has 1 rings (SSSR count). The number of aryl methyl sites for hydroxylation is 2. The van der Waals surface area contributed by atoms with Gasteiger partial charge in [0.05, 0.1) is 0 Å². The molecule has 0 aliphatic carbocycles. The summed E-state index contributed by atoms with van der Waals surface area (Å²) in [4.78, 5) is 8.36. The van der Waals surface area contributed by atoms with E-state index in [4.69, 9.17) is 9.90 Å². The third-order valence-electron chi connectivity index (χ3n) is 2.49. The van der Waals surface area contributed by atoms with Gasteiger partial charge < -0.3 is 5.11 Å². The molecule has 96 valence electrons. The van der Waals surface area contributed by atoms with Crippen molar-refractivity contribution in [3.8, 4) is 0 Å². The van der Waals surface area contributed by atoms with Crippen LogP contribution in [0, 0.1) is 5.82 Å². The molecule has 17 heavy (non-hydrogen) atoms. The molecule has 0 saturated carbocycles. The zero-order chi connectivity index (χ0) is 13.1. The van der Waals surface area contributed by atoms with Gasteiger partial charge in [0.1, 0.15) is 5.82 Å². The monoisotopic (exact) mass is 240 g/mol. The van der Waals surface area contributed by atoms with Gasteiger partial charge >= 0.3 is 0 Å². The summed E-state index contributed by atoms with van der Waals surface area (Å²) in [5, 5.41) is 6.89. The van der Waals surface area contributed by atoms with Gasteiger partial charge in [0.2, 0.25) is 0 Å². The van der Waals surface area contributed by atoms with Gasteiger partial charge in [-0.25, -0.2) is 4.39 Å². The Balaban J connectivity index is 0.000000770. The van der Waals surface area contributed by atoms with Gasteiger partial charge in [0.15, 0.2) is 0 Å². The van der Waals surface area contributed by atoms with Crippen molar-refractivity contribution in [3.05, 3.63) is 35.1 Å². The summed E-state index contributed by atoms with van der Waals surface area (Å²) in [6.07, 6.45) is 5.55. The van der Waals surface area contributed by atoms with Crippen molar-refractivity contribution in [1.82, 2.24) is 0 Å². The van der Waals surface area contributed by atoms with Gasteiger partial charge in [-0.1, -0.05) is 32.8 Å². The molecule has 1 aromatic carbocycles. The summed E-state index contributed by atoms with van der Waals surface area (Å²) in [5.74, 6) is -0.0872. The summed E-state index contributed by atoms with van der Waals surface area (Å²) in [7, 11) is 0. The van der Waals surface area contributed by atoms with Crippen molar-refractivity contribution in [2.24, 2.45) is 0 Å². The van der Waals surface area contributed by atoms with E-state index in [0.29, 0.717) is 0 Å². The Hall–Kier alpha value is -1.38. The van der Waals surface area contributed by atoms with E-state index in [1.807, 2.05) is 0 Å². The van der Waals surface area contributed by atoms with Gasteiger partial charge in [-0.3, -0.25) is 4.79 Å². The maximum Gasteiger partial charge on any atom is 0.290 e. The van der Waals surface area contributed by atoms with Crippen molar-refractivity contribution in [2.75, 3.05) is 0 Å². The van der Waals surface area contributed by atoms with Crippen LogP contribution < -0.4 is 0 Å². The molecule has 0 unspecified atom stereocenters. The van der Waals surface area contributed by atoms with E-state index in [2.05, 4.69) is 19.9 Å². The number of benzene rings is 1. The Bertz CT molecular complexity index is 324. The van der Waals surface area contributed by atoms with E-state index in [1.165, 1.54) is 19.3 Å². The number of carboxylic acid groups (broad SMARTS) is 1. The number of rotatable bonds is 5. The average Bonchev–Trinajstić information content (AvgIpc) is 2.30. The summed E-state index contributed by atoms with van der Waals surface area (Å²) in [5.41, 5.74) is 2.26. The van der Waals surface area contributed by atoms with Crippen LogP contribution >= 0.6 is 0 Å². The maximum atomic E-state index is 13.1. The van der Waals surface area contributed by atoms with Crippen LogP contribution in [0.5, 0.6) is 0 Å². The SMILES string of the molecule is CCCCCc1cc(F)cc(CC)c1.O=CO. The summed E-state index contributed by atoms with van der Waals surface area (Å²) in [6.45, 7) is 3.99. The first-order valence-electron chi connectivity index (χ1n) is 6.04. The van der Waals surface area contributed by atoms with Gasteiger partial charge in [0.25, 0.3) is 6.47 Å². The van der Waals surface area contributed by atoms with E-state index >= 15 is 0 Å². The van der Waals surface area contributed by atoms with Crippen LogP contribution in [0.2, 0.25) is 0 Å². The van der Waals surface area contributed by atoms with Crippen molar-refractivity contribution < 1.29 is 14.3 Å². The molecule has 0 fully saturated rings. The van der Waals surface area contributed by atoms with Crippen LogP contribution in [0.25, 0.3) is 0 Å². The predicted molar refractivity (Wildman–Crippen MR) is 67.7 cm³/mol. The Morgan fingerprint density at radius 3 is 2.29 bits per heavy atom. The lowest BCUT2D eigenvalue weighted by Crippen LogP contribution is -1.91. The summed E-state index contributed by atoms with van der Waals surface area (Å²) in [6, 6.07) is 5.41. The number of unbranched alkanes of at least 4 members (excludes halogenated alkanes) is 2. The lowest BCUT2D eigenvalue weighted by molar-refractivity contribution is -0.122. The molecule has 1 aromatic rings. The average molecular weight is 240 g/mol. The summed E-state index contributed by atoms with van der Waals surface area (Å²) < 4.78 is 13.1. The number of carbonyl (C=O) groups is 1. The first-order chi connectivity index (χ1) is 8.17. The molecular weight excluding hydrogens is 219 g/mol. The summed E-state index contributed by atoms with van der Waals surface area (Å²) >= 11 is 0. The van der Waals surface area contributed by atoms with Crippen molar-refractivity contribution in [3.63, 3.8) is 0 Å². The fourth-order valence-corrected chi connectivity index (χ4v) is 1.64. The lowest BCUT2D eigenvalue weighted by atomic mass is 10.0. The minimum absolute atomic E-state index is 0.0872. The van der Waals surface area contributed by atoms with Crippen molar-refractivity contribution in [1.29, 1.82) is 0 Å². The van der Waals surface area contributed by atoms with Crippen LogP contribution in [0.3, 0.4) is 0 Å². The van der Waals surface area contributed by atoms with Gasteiger partial charge in [-0.05, 0) is 42.5 Å². The second kappa shape index (κ2) is 9.82. The number of halogens is 1. The number of hydrogen-bond donors (Lipinski definition) is 1. The molecule has 2 nitrogen and oxygen atoms in total. The molecule has 0 aromatic heterocycles. The van der Waals surface area contributed by atoms with Crippen LogP contribution in [-0.4, -0.2) is 11.6 Å². The van der Waals surface area contributed by atoms with Gasteiger partial charge in [-0.15, -0.1) is 0 Å². The highest BCUT2D eigenvalue weighted by Crippen LogP contribution is 2.12. The van der Waals surface area contributed by atoms with Crippen LogP contribution in [0.4, 0.5) is 4.39 Å². The Morgan fingerprint density at radius 1 is 1.18 bits per heavy atom. The van der Waals surface area contributed by atoms with Crippen molar-refractivity contribution in [2.45, 2.75) is 46.0 Å². The maximum absolute atomic E-state index is 13.1. The standard InChI is InChI=1S/C13H19F.CH2O2/c1-3-5-6-7-12-8-11(4-2)9-13(14)10-12;2-1-3/h8-10H,3-7H2,1-2H3;1H,(H,2,3). The highest BCUT2D eigenvalue weighted by molar-refractivity contribution is 5.32. The van der Waals surface area contributed by atoms with Crippen LogP contribution in [0.15, 0.2) is 18.2 Å². The number of hydrogen-bond acceptors (Lipinski definition) is 1. The third-order valence-corrected chi connectivity index (χ3v) is 2.49. The topological polar surface area (TPSA) is 37.3 Å². The van der Waals surface area contributed by atoms with Gasteiger partial charge in [-0.2, -0.15) is 0 Å². The molecule has 0 amide bonds. The van der Waals surface area contributed by atoms with Crippen molar-refractivity contribution >= 4 is 6.47 Å². The fourth-order valence-electron chi connectivity index (χ4n) is 1.64. The molecule has 3 heteroatoms. The molecule has 0 atom stereocenters. The molecule has 0 aliphatic rings. The van der Waals surface area contributed by atoms with E-state index < -0.39 is 0 Å². The molecular formula is C14H21FO2. The van der Waals surface area contributed by atoms with E-state index in [0.717, 1.165) is 24.0 Å². The van der Waals surface area contributed by atoms with E-state index in [1.54, 1.807) is 12.1 Å². The van der Waals surface area contributed by atoms with E-state index in [9.17, 15) is 4.39 Å². The normalized spacial score (nSPS) is 9.35. The highest BCUT2D eigenvalue weighted by Gasteiger charge is 1.99. The minimum atomic E-state index is -0.250. The fraction of sp³-hybridized carbons (Fsp3) is 0.500. The zero-order valence-electron chi connectivity index (χ0n) is 10.6. The minimum Gasteiger partial charge on any atom is -0.483 e. The van der Waals surface area contributed by atoms with Crippen LogP contribution in [0.1, 0.15) is 44.2 Å². The molecule has 0 bridgehead atoms. The molecule has 0 radical (unpaired) electrons. The Kier molecular flexibility index (Phi) is 9.02. The highest BCUT2D eigenvalue weighted by atomic mass is 19.1. The quantitative estimate of drug-likeness (QED) is 0.627. The Morgan fingerprint density at radius 2 is 1.76 bits per heavy atom. The Labute approximate surface area is 102 Å². The molecule has 0 aliphatic heterocycles. The lowest BCUT2D eigenvalue weighted by Gasteiger charge is -2.04. The zero-order valence-corrected chi connectivity index (χ0v) is 10.6. The second-order valence-electron chi connectivity index (χ2n) is 3.88. The third kappa shape index (κ3) is 7.50. The first kappa shape index (κ1) is 15.6. The van der Waals surface area contributed by atoms with Crippen LogP contribution in [-0.2, 0) is 17.6 Å². The van der Waals surface area contributed by atoms with E-state index in [-0.39, 0.29) is 12.3 Å². The smallest absolute Gasteiger partial charge is 0.290 e.